The van der Waals surface area contributed by atoms with Crippen molar-refractivity contribution in [2.24, 2.45) is 5.14 Å². The van der Waals surface area contributed by atoms with Crippen LogP contribution >= 0.6 is 0 Å². The molecular weight excluding hydrogens is 240 g/mol. The van der Waals surface area contributed by atoms with Crippen LogP contribution < -0.4 is 10.9 Å². The molecule has 0 saturated heterocycles. The van der Waals surface area contributed by atoms with Gasteiger partial charge >= 0.3 is 0 Å². The molecule has 4 N–H and O–H groups in total. The Hall–Kier alpha value is -1.99. The molecule has 2 aromatic rings. The van der Waals surface area contributed by atoms with Gasteiger partial charge in [-0.3, -0.25) is 0 Å². The highest BCUT2D eigenvalue weighted by atomic mass is 32.2. The zero-order valence-electron chi connectivity index (χ0n) is 8.74. The van der Waals surface area contributed by atoms with Crippen molar-refractivity contribution in [1.82, 2.24) is 9.97 Å². The highest BCUT2D eigenvalue weighted by Gasteiger charge is 2.19. The minimum absolute atomic E-state index is 0.0810. The van der Waals surface area contributed by atoms with Gasteiger partial charge in [-0.25, -0.2) is 23.5 Å². The third kappa shape index (κ3) is 2.24. The summed E-state index contributed by atoms with van der Waals surface area (Å²) >= 11 is 0. The first-order chi connectivity index (χ1) is 8.00. The van der Waals surface area contributed by atoms with E-state index in [0.29, 0.717) is 5.56 Å². The lowest BCUT2D eigenvalue weighted by molar-refractivity contribution is 0.598. The summed E-state index contributed by atoms with van der Waals surface area (Å²) in [5.41, 5.74) is 6.01. The smallest absolute Gasteiger partial charge is 0.240 e. The number of nitrogens with two attached hydrogens (primary N) is 2. The van der Waals surface area contributed by atoms with Crippen LogP contribution in [0.15, 0.2) is 41.6 Å². The lowest BCUT2D eigenvalue weighted by Crippen LogP contribution is -2.16. The SMILES string of the molecule is Nc1cccc(-c2ncccn2)c1S(N)(=O)=O. The zero-order valence-corrected chi connectivity index (χ0v) is 9.55. The summed E-state index contributed by atoms with van der Waals surface area (Å²) in [6.07, 6.45) is 3.02. The molecule has 0 saturated carbocycles. The van der Waals surface area contributed by atoms with E-state index in [4.69, 9.17) is 10.9 Å². The van der Waals surface area contributed by atoms with Gasteiger partial charge in [-0.2, -0.15) is 0 Å². The van der Waals surface area contributed by atoms with E-state index >= 15 is 0 Å². The quantitative estimate of drug-likeness (QED) is 0.748. The highest BCUT2D eigenvalue weighted by molar-refractivity contribution is 7.89. The second-order valence-corrected chi connectivity index (χ2v) is 4.84. The Labute approximate surface area is 98.4 Å². The van der Waals surface area contributed by atoms with Gasteiger partial charge in [0, 0.05) is 18.0 Å². The summed E-state index contributed by atoms with van der Waals surface area (Å²) < 4.78 is 23.0. The third-order valence-corrected chi connectivity index (χ3v) is 3.16. The molecule has 0 spiro atoms. The van der Waals surface area contributed by atoms with Crippen LogP contribution in [0.4, 0.5) is 5.69 Å². The predicted octanol–water partition coefficient (Wildman–Crippen LogP) is 0.373. The fraction of sp³-hybridized carbons (Fsp3) is 0. The van der Waals surface area contributed by atoms with Gasteiger partial charge in [0.05, 0.1) is 5.69 Å². The van der Waals surface area contributed by atoms with Crippen LogP contribution in [0.2, 0.25) is 0 Å². The number of primary sulfonamides is 1. The molecule has 0 fully saturated rings. The van der Waals surface area contributed by atoms with Gasteiger partial charge in [0.2, 0.25) is 10.0 Å². The van der Waals surface area contributed by atoms with Crippen molar-refractivity contribution in [2.45, 2.75) is 4.90 Å². The molecule has 2 rings (SSSR count). The molecule has 88 valence electrons. The molecule has 0 bridgehead atoms. The average Bonchev–Trinajstić information content (AvgIpc) is 2.28. The first-order valence-electron chi connectivity index (χ1n) is 4.69. The Balaban J connectivity index is 2.76. The van der Waals surface area contributed by atoms with E-state index in [1.807, 2.05) is 0 Å². The van der Waals surface area contributed by atoms with Crippen LogP contribution in [-0.2, 0) is 10.0 Å². The Bertz CT molecular complexity index is 641. The molecule has 0 amide bonds. The van der Waals surface area contributed by atoms with E-state index in [1.54, 1.807) is 18.2 Å². The maximum atomic E-state index is 11.5. The molecular formula is C10H10N4O2S. The summed E-state index contributed by atoms with van der Waals surface area (Å²) in [6, 6.07) is 6.28. The number of benzene rings is 1. The first-order valence-corrected chi connectivity index (χ1v) is 6.23. The third-order valence-electron chi connectivity index (χ3n) is 2.14. The van der Waals surface area contributed by atoms with Crippen molar-refractivity contribution in [1.29, 1.82) is 0 Å². The fourth-order valence-corrected chi connectivity index (χ4v) is 2.35. The monoisotopic (exact) mass is 250 g/mol. The predicted molar refractivity (Wildman–Crippen MR) is 63.3 cm³/mol. The number of aromatic nitrogens is 2. The van der Waals surface area contributed by atoms with Gasteiger partial charge in [-0.05, 0) is 18.2 Å². The molecule has 0 aliphatic rings. The van der Waals surface area contributed by atoms with Crippen molar-refractivity contribution >= 4 is 15.7 Å². The summed E-state index contributed by atoms with van der Waals surface area (Å²) in [5, 5.41) is 5.13. The molecule has 0 unspecified atom stereocenters. The van der Waals surface area contributed by atoms with Gasteiger partial charge < -0.3 is 5.73 Å². The molecule has 0 atom stereocenters. The molecule has 1 heterocycles. The van der Waals surface area contributed by atoms with Gasteiger partial charge in [-0.1, -0.05) is 6.07 Å². The van der Waals surface area contributed by atoms with Crippen LogP contribution in [0.3, 0.4) is 0 Å². The second kappa shape index (κ2) is 4.11. The van der Waals surface area contributed by atoms with Gasteiger partial charge in [0.15, 0.2) is 5.82 Å². The lowest BCUT2D eigenvalue weighted by atomic mass is 10.2. The number of hydrogen-bond acceptors (Lipinski definition) is 5. The van der Waals surface area contributed by atoms with Crippen molar-refractivity contribution in [2.75, 3.05) is 5.73 Å². The van der Waals surface area contributed by atoms with Crippen molar-refractivity contribution in [3.05, 3.63) is 36.7 Å². The van der Waals surface area contributed by atoms with Crippen LogP contribution in [0.25, 0.3) is 11.4 Å². The van der Waals surface area contributed by atoms with Crippen LogP contribution in [-0.4, -0.2) is 18.4 Å². The van der Waals surface area contributed by atoms with Crippen LogP contribution in [0, 0.1) is 0 Å². The van der Waals surface area contributed by atoms with Crippen LogP contribution in [0.5, 0.6) is 0 Å². The summed E-state index contributed by atoms with van der Waals surface area (Å²) in [4.78, 5) is 7.81. The number of nitrogen functional groups attached to an aromatic ring is 1. The number of anilines is 1. The minimum Gasteiger partial charge on any atom is -0.398 e. The van der Waals surface area contributed by atoms with Crippen LogP contribution in [0.1, 0.15) is 0 Å². The number of hydrogen-bond donors (Lipinski definition) is 2. The van der Waals surface area contributed by atoms with Gasteiger partial charge in [-0.15, -0.1) is 0 Å². The highest BCUT2D eigenvalue weighted by Crippen LogP contribution is 2.28. The molecule has 1 aromatic carbocycles. The topological polar surface area (TPSA) is 112 Å². The molecule has 0 aliphatic carbocycles. The molecule has 6 nitrogen and oxygen atoms in total. The molecule has 0 radical (unpaired) electrons. The normalized spacial score (nSPS) is 11.4. The Morgan fingerprint density at radius 3 is 2.29 bits per heavy atom. The lowest BCUT2D eigenvalue weighted by Gasteiger charge is -2.08. The Morgan fingerprint density at radius 2 is 1.71 bits per heavy atom. The largest absolute Gasteiger partial charge is 0.398 e. The second-order valence-electron chi connectivity index (χ2n) is 3.34. The maximum absolute atomic E-state index is 11.5. The number of nitrogens with zero attached hydrogens (tertiary/aromatic N) is 2. The summed E-state index contributed by atoms with van der Waals surface area (Å²) in [7, 11) is -3.92. The molecule has 1 aromatic heterocycles. The van der Waals surface area contributed by atoms with Gasteiger partial charge in [0.25, 0.3) is 0 Å². The maximum Gasteiger partial charge on any atom is 0.240 e. The van der Waals surface area contributed by atoms with Crippen molar-refractivity contribution in [3.8, 4) is 11.4 Å². The van der Waals surface area contributed by atoms with E-state index in [9.17, 15) is 8.42 Å². The Kier molecular flexibility index (Phi) is 2.78. The fourth-order valence-electron chi connectivity index (χ4n) is 1.49. The number of sulfonamides is 1. The van der Waals surface area contributed by atoms with E-state index in [1.165, 1.54) is 18.5 Å². The summed E-state index contributed by atoms with van der Waals surface area (Å²) in [5.74, 6) is 0.267. The molecule has 7 heteroatoms. The van der Waals surface area contributed by atoms with Crippen molar-refractivity contribution < 1.29 is 8.42 Å². The number of rotatable bonds is 2. The van der Waals surface area contributed by atoms with E-state index in [-0.39, 0.29) is 16.4 Å². The average molecular weight is 250 g/mol. The molecule has 0 aliphatic heterocycles. The molecule has 17 heavy (non-hydrogen) atoms. The Morgan fingerprint density at radius 1 is 1.06 bits per heavy atom. The first kappa shape index (κ1) is 11.5. The van der Waals surface area contributed by atoms with Gasteiger partial charge in [0.1, 0.15) is 4.90 Å². The van der Waals surface area contributed by atoms with E-state index in [0.717, 1.165) is 0 Å². The standard InChI is InChI=1S/C10H10N4O2S/c11-8-4-1-3-7(9(8)17(12,15)16)10-13-5-2-6-14-10/h1-6H,11H2,(H2,12,15,16). The van der Waals surface area contributed by atoms with E-state index in [2.05, 4.69) is 9.97 Å². The summed E-state index contributed by atoms with van der Waals surface area (Å²) in [6.45, 7) is 0. The zero-order chi connectivity index (χ0) is 12.5. The minimum atomic E-state index is -3.92. The van der Waals surface area contributed by atoms with Crippen molar-refractivity contribution in [3.63, 3.8) is 0 Å². The van der Waals surface area contributed by atoms with E-state index < -0.39 is 10.0 Å².